The molecular formula is C14H23N5O. The molecule has 0 spiro atoms. The van der Waals surface area contributed by atoms with E-state index >= 15 is 0 Å². The second-order valence-corrected chi connectivity index (χ2v) is 5.11. The van der Waals surface area contributed by atoms with Crippen LogP contribution in [0, 0.1) is 0 Å². The average molecular weight is 277 g/mol. The van der Waals surface area contributed by atoms with Crippen molar-refractivity contribution < 1.29 is 4.79 Å². The van der Waals surface area contributed by atoms with Gasteiger partial charge in [0.15, 0.2) is 0 Å². The number of hydrogen-bond acceptors (Lipinski definition) is 5. The van der Waals surface area contributed by atoms with Crippen molar-refractivity contribution in [2.24, 2.45) is 5.73 Å². The molecule has 6 nitrogen and oxygen atoms in total. The van der Waals surface area contributed by atoms with Gasteiger partial charge in [-0.25, -0.2) is 9.97 Å². The topological polar surface area (TPSA) is 75.3 Å². The Balaban J connectivity index is 1.73. The number of hydrogen-bond donors (Lipinski definition) is 1. The van der Waals surface area contributed by atoms with Gasteiger partial charge in [0, 0.05) is 38.6 Å². The van der Waals surface area contributed by atoms with Gasteiger partial charge in [-0.3, -0.25) is 9.69 Å². The molecule has 2 heterocycles. The maximum atomic E-state index is 12.2. The predicted molar refractivity (Wildman–Crippen MR) is 77.3 cm³/mol. The van der Waals surface area contributed by atoms with Gasteiger partial charge in [0.25, 0.3) is 5.91 Å². The Morgan fingerprint density at radius 1 is 1.10 bits per heavy atom. The van der Waals surface area contributed by atoms with Gasteiger partial charge in [0.05, 0.1) is 5.56 Å². The van der Waals surface area contributed by atoms with E-state index in [4.69, 9.17) is 5.73 Å². The van der Waals surface area contributed by atoms with Crippen LogP contribution in [-0.4, -0.2) is 64.9 Å². The molecule has 0 unspecified atom stereocenters. The van der Waals surface area contributed by atoms with Crippen LogP contribution in [0.25, 0.3) is 0 Å². The zero-order chi connectivity index (χ0) is 14.2. The van der Waals surface area contributed by atoms with E-state index in [0.717, 1.165) is 45.7 Å². The molecule has 0 bridgehead atoms. The number of nitrogens with zero attached hydrogens (tertiary/aromatic N) is 4. The minimum atomic E-state index is 0.0355. The van der Waals surface area contributed by atoms with Crippen molar-refractivity contribution in [1.29, 1.82) is 0 Å². The summed E-state index contributed by atoms with van der Waals surface area (Å²) in [5.74, 6) is 0.0355. The van der Waals surface area contributed by atoms with Crippen LogP contribution < -0.4 is 5.73 Å². The normalized spacial score (nSPS) is 16.4. The fourth-order valence-electron chi connectivity index (χ4n) is 2.42. The number of carbonyl (C=O) groups is 1. The van der Waals surface area contributed by atoms with Gasteiger partial charge >= 0.3 is 0 Å². The first-order valence-corrected chi connectivity index (χ1v) is 7.28. The molecule has 110 valence electrons. The molecule has 2 rings (SSSR count). The molecule has 20 heavy (non-hydrogen) atoms. The zero-order valence-corrected chi connectivity index (χ0v) is 11.9. The number of nitrogens with two attached hydrogens (primary N) is 1. The first-order chi connectivity index (χ1) is 9.81. The molecule has 6 heteroatoms. The standard InChI is InChI=1S/C14H23N5O/c15-4-2-1-3-5-18-6-8-19(9-7-18)14(20)13-10-16-12-17-11-13/h10-12H,1-9,15H2. The molecule has 1 aliphatic rings. The van der Waals surface area contributed by atoms with E-state index in [1.165, 1.54) is 19.2 Å². The summed E-state index contributed by atoms with van der Waals surface area (Å²) in [6.07, 6.45) is 8.08. The molecule has 1 amide bonds. The largest absolute Gasteiger partial charge is 0.336 e. The Labute approximate surface area is 120 Å². The summed E-state index contributed by atoms with van der Waals surface area (Å²) in [6.45, 7) is 5.34. The summed E-state index contributed by atoms with van der Waals surface area (Å²) in [5, 5.41) is 0. The fraction of sp³-hybridized carbons (Fsp3) is 0.643. The summed E-state index contributed by atoms with van der Waals surface area (Å²) in [5.41, 5.74) is 6.06. The SMILES string of the molecule is NCCCCCN1CCN(C(=O)c2cncnc2)CC1. The minimum Gasteiger partial charge on any atom is -0.336 e. The third kappa shape index (κ3) is 4.25. The molecule has 2 N–H and O–H groups in total. The monoisotopic (exact) mass is 277 g/mol. The highest BCUT2D eigenvalue weighted by atomic mass is 16.2. The molecule has 1 fully saturated rings. The molecule has 0 aliphatic carbocycles. The average Bonchev–Trinajstić information content (AvgIpc) is 2.52. The van der Waals surface area contributed by atoms with Gasteiger partial charge in [0.2, 0.25) is 0 Å². The minimum absolute atomic E-state index is 0.0355. The van der Waals surface area contributed by atoms with Crippen LogP contribution in [0.2, 0.25) is 0 Å². The smallest absolute Gasteiger partial charge is 0.257 e. The number of piperazine rings is 1. The maximum absolute atomic E-state index is 12.2. The Morgan fingerprint density at radius 3 is 2.45 bits per heavy atom. The van der Waals surface area contributed by atoms with Crippen LogP contribution in [0.4, 0.5) is 0 Å². The highest BCUT2D eigenvalue weighted by Gasteiger charge is 2.21. The highest BCUT2D eigenvalue weighted by molar-refractivity contribution is 5.93. The summed E-state index contributed by atoms with van der Waals surface area (Å²) >= 11 is 0. The van der Waals surface area contributed by atoms with Gasteiger partial charge in [-0.05, 0) is 25.9 Å². The Kier molecular flexibility index (Phi) is 5.88. The summed E-state index contributed by atoms with van der Waals surface area (Å²) < 4.78 is 0. The fourth-order valence-corrected chi connectivity index (χ4v) is 2.42. The van der Waals surface area contributed by atoms with Crippen molar-refractivity contribution in [3.8, 4) is 0 Å². The molecule has 0 radical (unpaired) electrons. The Morgan fingerprint density at radius 2 is 1.80 bits per heavy atom. The number of rotatable bonds is 6. The van der Waals surface area contributed by atoms with Crippen molar-refractivity contribution >= 4 is 5.91 Å². The molecule has 1 aliphatic heterocycles. The maximum Gasteiger partial charge on any atom is 0.257 e. The zero-order valence-electron chi connectivity index (χ0n) is 11.9. The first-order valence-electron chi connectivity index (χ1n) is 7.28. The van der Waals surface area contributed by atoms with Crippen LogP contribution >= 0.6 is 0 Å². The lowest BCUT2D eigenvalue weighted by atomic mass is 10.2. The van der Waals surface area contributed by atoms with Crippen LogP contribution in [0.1, 0.15) is 29.6 Å². The lowest BCUT2D eigenvalue weighted by Gasteiger charge is -2.34. The van der Waals surface area contributed by atoms with Crippen molar-refractivity contribution in [2.75, 3.05) is 39.3 Å². The van der Waals surface area contributed by atoms with E-state index in [-0.39, 0.29) is 5.91 Å². The van der Waals surface area contributed by atoms with Crippen LogP contribution in [0.3, 0.4) is 0 Å². The Bertz CT molecular complexity index is 403. The summed E-state index contributed by atoms with van der Waals surface area (Å²) in [6, 6.07) is 0. The summed E-state index contributed by atoms with van der Waals surface area (Å²) in [7, 11) is 0. The van der Waals surface area contributed by atoms with Crippen LogP contribution in [-0.2, 0) is 0 Å². The van der Waals surface area contributed by atoms with Crippen molar-refractivity contribution in [1.82, 2.24) is 19.8 Å². The number of amides is 1. The second kappa shape index (κ2) is 7.91. The lowest BCUT2D eigenvalue weighted by Crippen LogP contribution is -2.48. The third-order valence-electron chi connectivity index (χ3n) is 3.65. The second-order valence-electron chi connectivity index (χ2n) is 5.11. The van der Waals surface area contributed by atoms with E-state index in [0.29, 0.717) is 5.56 Å². The van der Waals surface area contributed by atoms with Crippen molar-refractivity contribution in [2.45, 2.75) is 19.3 Å². The molecule has 1 aromatic rings. The first kappa shape index (κ1) is 14.9. The predicted octanol–water partition coefficient (Wildman–Crippen LogP) is 0.363. The van der Waals surface area contributed by atoms with Gasteiger partial charge < -0.3 is 10.6 Å². The van der Waals surface area contributed by atoms with Crippen molar-refractivity contribution in [3.63, 3.8) is 0 Å². The molecule has 0 saturated carbocycles. The quantitative estimate of drug-likeness (QED) is 0.760. The van der Waals surface area contributed by atoms with Gasteiger partial charge in [-0.1, -0.05) is 6.42 Å². The van der Waals surface area contributed by atoms with Crippen molar-refractivity contribution in [3.05, 3.63) is 24.3 Å². The van der Waals surface area contributed by atoms with E-state index in [9.17, 15) is 4.79 Å². The Hall–Kier alpha value is -1.53. The molecular weight excluding hydrogens is 254 g/mol. The van der Waals surface area contributed by atoms with E-state index in [1.807, 2.05) is 4.90 Å². The van der Waals surface area contributed by atoms with Gasteiger partial charge in [0.1, 0.15) is 6.33 Å². The highest BCUT2D eigenvalue weighted by Crippen LogP contribution is 2.08. The van der Waals surface area contributed by atoms with E-state index in [2.05, 4.69) is 14.9 Å². The van der Waals surface area contributed by atoms with Crippen LogP contribution in [0.5, 0.6) is 0 Å². The van der Waals surface area contributed by atoms with Gasteiger partial charge in [-0.15, -0.1) is 0 Å². The van der Waals surface area contributed by atoms with Gasteiger partial charge in [-0.2, -0.15) is 0 Å². The molecule has 0 aromatic carbocycles. The lowest BCUT2D eigenvalue weighted by molar-refractivity contribution is 0.0634. The molecule has 0 atom stereocenters. The summed E-state index contributed by atoms with van der Waals surface area (Å²) in [4.78, 5) is 24.3. The third-order valence-corrected chi connectivity index (χ3v) is 3.65. The number of carbonyl (C=O) groups excluding carboxylic acids is 1. The molecule has 1 aromatic heterocycles. The van der Waals surface area contributed by atoms with Crippen LogP contribution in [0.15, 0.2) is 18.7 Å². The number of aromatic nitrogens is 2. The van der Waals surface area contributed by atoms with E-state index in [1.54, 1.807) is 12.4 Å². The van der Waals surface area contributed by atoms with E-state index < -0.39 is 0 Å². The number of unbranched alkanes of at least 4 members (excludes halogenated alkanes) is 2. The molecule has 1 saturated heterocycles.